The average Bonchev–Trinajstić information content (AvgIpc) is 2.87. The number of rotatable bonds is 4. The predicted octanol–water partition coefficient (Wildman–Crippen LogP) is 2.26. The van der Waals surface area contributed by atoms with Crippen LogP contribution < -0.4 is 10.1 Å². The van der Waals surface area contributed by atoms with Gasteiger partial charge in [-0.25, -0.2) is 4.98 Å². The van der Waals surface area contributed by atoms with Crippen molar-refractivity contribution in [1.82, 2.24) is 24.9 Å². The third-order valence-corrected chi connectivity index (χ3v) is 3.56. The zero-order chi connectivity index (χ0) is 14.8. The number of hydrogen-bond donors (Lipinski definition) is 2. The molecule has 2 N–H and O–H groups in total. The molecule has 3 rings (SSSR count). The summed E-state index contributed by atoms with van der Waals surface area (Å²) < 4.78 is 5.06. The minimum Gasteiger partial charge on any atom is -0.467 e. The molecule has 0 unspecified atom stereocenters. The van der Waals surface area contributed by atoms with Gasteiger partial charge in [0.2, 0.25) is 11.1 Å². The van der Waals surface area contributed by atoms with Crippen LogP contribution in [-0.2, 0) is 0 Å². The summed E-state index contributed by atoms with van der Waals surface area (Å²) in [6.07, 6.45) is 0. The second-order valence-corrected chi connectivity index (χ2v) is 5.30. The Bertz CT molecular complexity index is 765. The number of anilines is 1. The van der Waals surface area contributed by atoms with E-state index in [9.17, 15) is 0 Å². The summed E-state index contributed by atoms with van der Waals surface area (Å²) in [6.45, 7) is 2.04. The number of methoxy groups -OCH3 is 1. The molecule has 3 aromatic rings. The van der Waals surface area contributed by atoms with E-state index in [1.165, 1.54) is 24.4 Å². The molecule has 0 bridgehead atoms. The SMILES string of the molecule is CNc1nc(OC)nc(Sc2nc3ccc(C)cc3[nH]2)n1. The van der Waals surface area contributed by atoms with Crippen molar-refractivity contribution in [1.29, 1.82) is 0 Å². The van der Waals surface area contributed by atoms with Crippen molar-refractivity contribution >= 4 is 28.7 Å². The van der Waals surface area contributed by atoms with Gasteiger partial charge in [-0.3, -0.25) is 0 Å². The molecule has 108 valence electrons. The first kappa shape index (κ1) is 13.6. The number of H-pyrrole nitrogens is 1. The summed E-state index contributed by atoms with van der Waals surface area (Å²) in [5, 5.41) is 4.12. The Balaban J connectivity index is 1.94. The maximum atomic E-state index is 5.06. The Morgan fingerprint density at radius 2 is 2.05 bits per heavy atom. The highest BCUT2D eigenvalue weighted by Crippen LogP contribution is 2.26. The number of aromatic amines is 1. The fourth-order valence-electron chi connectivity index (χ4n) is 1.82. The van der Waals surface area contributed by atoms with Gasteiger partial charge in [-0.1, -0.05) is 6.07 Å². The van der Waals surface area contributed by atoms with E-state index in [-0.39, 0.29) is 6.01 Å². The van der Waals surface area contributed by atoms with Crippen LogP contribution in [0.25, 0.3) is 11.0 Å². The number of imidazole rings is 1. The smallest absolute Gasteiger partial charge is 0.321 e. The predicted molar refractivity (Wildman–Crippen MR) is 80.9 cm³/mol. The van der Waals surface area contributed by atoms with Crippen LogP contribution in [0, 0.1) is 6.92 Å². The summed E-state index contributed by atoms with van der Waals surface area (Å²) in [7, 11) is 3.26. The van der Waals surface area contributed by atoms with Gasteiger partial charge in [0, 0.05) is 7.05 Å². The topological polar surface area (TPSA) is 88.6 Å². The summed E-state index contributed by atoms with van der Waals surface area (Å²) >= 11 is 1.33. The number of benzene rings is 1. The molecule has 0 saturated heterocycles. The molecule has 8 heteroatoms. The molecule has 1 aromatic carbocycles. The normalized spacial score (nSPS) is 10.8. The van der Waals surface area contributed by atoms with Crippen LogP contribution in [0.15, 0.2) is 28.5 Å². The van der Waals surface area contributed by atoms with Gasteiger partial charge in [0.1, 0.15) is 0 Å². The van der Waals surface area contributed by atoms with E-state index in [0.717, 1.165) is 16.2 Å². The first-order valence-electron chi connectivity index (χ1n) is 6.30. The molecular formula is C13H14N6OS. The van der Waals surface area contributed by atoms with Crippen molar-refractivity contribution in [3.8, 4) is 6.01 Å². The Labute approximate surface area is 125 Å². The summed E-state index contributed by atoms with van der Waals surface area (Å²) in [5.41, 5.74) is 3.09. The van der Waals surface area contributed by atoms with Gasteiger partial charge in [0.25, 0.3) is 0 Å². The first-order chi connectivity index (χ1) is 10.2. The van der Waals surface area contributed by atoms with Gasteiger partial charge in [0.15, 0.2) is 5.16 Å². The van der Waals surface area contributed by atoms with Crippen molar-refractivity contribution in [3.05, 3.63) is 23.8 Å². The van der Waals surface area contributed by atoms with Gasteiger partial charge in [-0.05, 0) is 36.4 Å². The Morgan fingerprint density at radius 3 is 2.81 bits per heavy atom. The number of nitrogens with one attached hydrogen (secondary N) is 2. The van der Waals surface area contributed by atoms with Gasteiger partial charge in [-0.15, -0.1) is 0 Å². The number of hydrogen-bond acceptors (Lipinski definition) is 7. The van der Waals surface area contributed by atoms with Crippen LogP contribution in [-0.4, -0.2) is 39.1 Å². The van der Waals surface area contributed by atoms with E-state index in [2.05, 4.69) is 36.3 Å². The molecule has 21 heavy (non-hydrogen) atoms. The first-order valence-corrected chi connectivity index (χ1v) is 7.11. The molecule has 0 atom stereocenters. The minimum atomic E-state index is 0.267. The third-order valence-electron chi connectivity index (χ3n) is 2.80. The van der Waals surface area contributed by atoms with Crippen LogP contribution in [0.4, 0.5) is 5.95 Å². The van der Waals surface area contributed by atoms with Crippen LogP contribution in [0.5, 0.6) is 6.01 Å². The minimum absolute atomic E-state index is 0.267. The van der Waals surface area contributed by atoms with E-state index in [0.29, 0.717) is 11.1 Å². The summed E-state index contributed by atoms with van der Waals surface area (Å²) in [4.78, 5) is 20.3. The lowest BCUT2D eigenvalue weighted by Gasteiger charge is -2.03. The highest BCUT2D eigenvalue weighted by Gasteiger charge is 2.10. The molecule has 0 aliphatic carbocycles. The summed E-state index contributed by atoms with van der Waals surface area (Å²) in [5.74, 6) is 0.455. The van der Waals surface area contributed by atoms with Crippen molar-refractivity contribution < 1.29 is 4.74 Å². The highest BCUT2D eigenvalue weighted by molar-refractivity contribution is 7.99. The zero-order valence-corrected chi connectivity index (χ0v) is 12.7. The Kier molecular flexibility index (Phi) is 3.61. The molecule has 2 aromatic heterocycles. The molecule has 0 aliphatic heterocycles. The van der Waals surface area contributed by atoms with Crippen molar-refractivity contribution in [2.45, 2.75) is 17.2 Å². The maximum Gasteiger partial charge on any atom is 0.321 e. The van der Waals surface area contributed by atoms with Gasteiger partial charge in [-0.2, -0.15) is 15.0 Å². The molecule has 0 fully saturated rings. The lowest BCUT2D eigenvalue weighted by Crippen LogP contribution is -2.02. The molecule has 0 saturated carbocycles. The number of aromatic nitrogens is 5. The average molecular weight is 302 g/mol. The Hall–Kier alpha value is -2.35. The van der Waals surface area contributed by atoms with E-state index in [4.69, 9.17) is 4.74 Å². The lowest BCUT2D eigenvalue weighted by atomic mass is 10.2. The molecule has 0 spiro atoms. The number of fused-ring (bicyclic) bond motifs is 1. The molecule has 0 aliphatic rings. The molecule has 0 amide bonds. The van der Waals surface area contributed by atoms with Gasteiger partial charge < -0.3 is 15.0 Å². The molecule has 0 radical (unpaired) electrons. The van der Waals surface area contributed by atoms with Crippen molar-refractivity contribution in [2.24, 2.45) is 0 Å². The quantitative estimate of drug-likeness (QED) is 0.764. The van der Waals surface area contributed by atoms with Crippen LogP contribution in [0.1, 0.15) is 5.56 Å². The van der Waals surface area contributed by atoms with E-state index in [1.54, 1.807) is 7.05 Å². The van der Waals surface area contributed by atoms with Gasteiger partial charge in [0.05, 0.1) is 18.1 Å². The number of nitrogens with zero attached hydrogens (tertiary/aromatic N) is 4. The van der Waals surface area contributed by atoms with Gasteiger partial charge >= 0.3 is 6.01 Å². The summed E-state index contributed by atoms with van der Waals surface area (Å²) in [6, 6.07) is 6.34. The second-order valence-electron chi connectivity index (χ2n) is 4.34. The van der Waals surface area contributed by atoms with E-state index >= 15 is 0 Å². The molecule has 2 heterocycles. The standard InChI is InChI=1S/C13H14N6OS/c1-7-4-5-8-9(6-7)16-12(15-8)21-13-18-10(14-2)17-11(19-13)20-3/h4-6H,1-3H3,(H,15,16)(H,14,17,18,19). The molecular weight excluding hydrogens is 288 g/mol. The highest BCUT2D eigenvalue weighted by atomic mass is 32.2. The zero-order valence-electron chi connectivity index (χ0n) is 11.8. The van der Waals surface area contributed by atoms with Crippen LogP contribution in [0.2, 0.25) is 0 Å². The van der Waals surface area contributed by atoms with Crippen LogP contribution in [0.3, 0.4) is 0 Å². The fourth-order valence-corrected chi connectivity index (χ4v) is 2.56. The molecule has 7 nitrogen and oxygen atoms in total. The van der Waals surface area contributed by atoms with E-state index in [1.807, 2.05) is 19.1 Å². The maximum absolute atomic E-state index is 5.06. The number of ether oxygens (including phenoxy) is 1. The van der Waals surface area contributed by atoms with Crippen molar-refractivity contribution in [2.75, 3.05) is 19.5 Å². The lowest BCUT2D eigenvalue weighted by molar-refractivity contribution is 0.374. The van der Waals surface area contributed by atoms with E-state index < -0.39 is 0 Å². The largest absolute Gasteiger partial charge is 0.467 e. The Morgan fingerprint density at radius 1 is 1.19 bits per heavy atom. The van der Waals surface area contributed by atoms with Crippen molar-refractivity contribution in [3.63, 3.8) is 0 Å². The third kappa shape index (κ3) is 2.89. The number of aryl methyl sites for hydroxylation is 1. The fraction of sp³-hybridized carbons (Fsp3) is 0.231. The monoisotopic (exact) mass is 302 g/mol. The van der Waals surface area contributed by atoms with Crippen LogP contribution >= 0.6 is 11.8 Å². The second kappa shape index (κ2) is 5.57.